The Hall–Kier alpha value is -1.78. The van der Waals surface area contributed by atoms with E-state index in [-0.39, 0.29) is 22.7 Å². The van der Waals surface area contributed by atoms with Gasteiger partial charge in [-0.3, -0.25) is 4.79 Å². The topological polar surface area (TPSA) is 78.3 Å². The summed E-state index contributed by atoms with van der Waals surface area (Å²) >= 11 is 0. The fourth-order valence-corrected chi connectivity index (χ4v) is 1.05. The van der Waals surface area contributed by atoms with Crippen LogP contribution in [-0.4, -0.2) is 12.9 Å². The molecule has 0 saturated heterocycles. The summed E-state index contributed by atoms with van der Waals surface area (Å²) in [4.78, 5) is 10.5. The van der Waals surface area contributed by atoms with Crippen LogP contribution < -0.4 is 16.2 Å². The summed E-state index contributed by atoms with van der Waals surface area (Å²) in [6.45, 7) is 1.99. The number of halogens is 1. The number of nitrogen functional groups attached to an aromatic ring is 2. The summed E-state index contributed by atoms with van der Waals surface area (Å²) in [6, 6.07) is 1.23. The molecule has 1 aromatic carbocycles. The third-order valence-electron chi connectivity index (χ3n) is 1.77. The van der Waals surface area contributed by atoms with E-state index in [2.05, 4.69) is 0 Å². The second kappa shape index (κ2) is 3.95. The first-order valence-corrected chi connectivity index (χ1v) is 4.07. The Morgan fingerprint density at radius 3 is 2.64 bits per heavy atom. The van der Waals surface area contributed by atoms with Crippen molar-refractivity contribution in [3.05, 3.63) is 17.4 Å². The average Bonchev–Trinajstić information content (AvgIpc) is 2.19. The first kappa shape index (κ1) is 10.3. The third-order valence-corrected chi connectivity index (χ3v) is 1.77. The molecule has 14 heavy (non-hydrogen) atoms. The number of carbonyl (C=O) groups excluding carboxylic acids is 1. The van der Waals surface area contributed by atoms with E-state index in [1.165, 1.54) is 6.07 Å². The summed E-state index contributed by atoms with van der Waals surface area (Å²) in [5.41, 5.74) is 10.6. The lowest BCUT2D eigenvalue weighted by molar-refractivity contribution is 0.112. The normalized spacial score (nSPS) is 9.86. The number of hydrogen-bond donors (Lipinski definition) is 2. The summed E-state index contributed by atoms with van der Waals surface area (Å²) in [5, 5.41) is 0. The van der Waals surface area contributed by atoms with E-state index in [4.69, 9.17) is 16.2 Å². The zero-order chi connectivity index (χ0) is 10.7. The van der Waals surface area contributed by atoms with Gasteiger partial charge in [0.2, 0.25) is 0 Å². The smallest absolute Gasteiger partial charge is 0.190 e. The molecule has 0 spiro atoms. The fraction of sp³-hybridized carbons (Fsp3) is 0.222. The minimum absolute atomic E-state index is 0.0544. The zero-order valence-corrected chi connectivity index (χ0v) is 7.71. The number of carbonyl (C=O) groups is 1. The molecule has 0 radical (unpaired) electrons. The van der Waals surface area contributed by atoms with E-state index in [1.807, 2.05) is 0 Å². The van der Waals surface area contributed by atoms with Gasteiger partial charge in [-0.2, -0.15) is 0 Å². The molecule has 76 valence electrons. The van der Waals surface area contributed by atoms with Crippen molar-refractivity contribution in [1.82, 2.24) is 0 Å². The predicted molar refractivity (Wildman–Crippen MR) is 51.8 cm³/mol. The van der Waals surface area contributed by atoms with E-state index >= 15 is 0 Å². The number of anilines is 2. The van der Waals surface area contributed by atoms with Crippen LogP contribution in [0.5, 0.6) is 5.75 Å². The van der Waals surface area contributed by atoms with Gasteiger partial charge in [-0.15, -0.1) is 0 Å². The maximum atomic E-state index is 13.3. The Morgan fingerprint density at radius 2 is 2.14 bits per heavy atom. The minimum atomic E-state index is -0.727. The molecule has 0 aliphatic carbocycles. The maximum absolute atomic E-state index is 13.3. The van der Waals surface area contributed by atoms with Crippen molar-refractivity contribution < 1.29 is 13.9 Å². The van der Waals surface area contributed by atoms with E-state index in [0.29, 0.717) is 12.9 Å². The van der Waals surface area contributed by atoms with Gasteiger partial charge in [0.1, 0.15) is 0 Å². The third kappa shape index (κ3) is 1.61. The van der Waals surface area contributed by atoms with E-state index in [9.17, 15) is 9.18 Å². The van der Waals surface area contributed by atoms with Crippen molar-refractivity contribution in [3.8, 4) is 5.75 Å². The first-order chi connectivity index (χ1) is 6.61. The summed E-state index contributed by atoms with van der Waals surface area (Å²) in [6.07, 6.45) is 0.508. The molecule has 1 aromatic rings. The van der Waals surface area contributed by atoms with Gasteiger partial charge in [0.05, 0.1) is 18.0 Å². The number of ether oxygens (including phenoxy) is 1. The van der Waals surface area contributed by atoms with Gasteiger partial charge in [0.25, 0.3) is 0 Å². The molecule has 0 saturated carbocycles. The van der Waals surface area contributed by atoms with Crippen molar-refractivity contribution in [2.75, 3.05) is 18.1 Å². The highest BCUT2D eigenvalue weighted by molar-refractivity contribution is 5.89. The van der Waals surface area contributed by atoms with Crippen LogP contribution in [0.3, 0.4) is 0 Å². The number of aldehydes is 1. The average molecular weight is 198 g/mol. The van der Waals surface area contributed by atoms with Crippen LogP contribution in [0, 0.1) is 5.82 Å². The van der Waals surface area contributed by atoms with Crippen LogP contribution >= 0.6 is 0 Å². The highest BCUT2D eigenvalue weighted by Gasteiger charge is 2.14. The molecule has 0 bridgehead atoms. The molecule has 5 heteroatoms. The highest BCUT2D eigenvalue weighted by Crippen LogP contribution is 2.30. The van der Waals surface area contributed by atoms with Crippen LogP contribution in [0.15, 0.2) is 6.07 Å². The van der Waals surface area contributed by atoms with Crippen LogP contribution in [0.2, 0.25) is 0 Å². The van der Waals surface area contributed by atoms with Crippen LogP contribution in [0.4, 0.5) is 15.8 Å². The second-order valence-electron chi connectivity index (χ2n) is 2.66. The lowest BCUT2D eigenvalue weighted by atomic mass is 10.1. The Kier molecular flexibility index (Phi) is 2.91. The van der Waals surface area contributed by atoms with Gasteiger partial charge in [0.15, 0.2) is 17.9 Å². The zero-order valence-electron chi connectivity index (χ0n) is 7.71. The highest BCUT2D eigenvalue weighted by atomic mass is 19.1. The summed E-state index contributed by atoms with van der Waals surface area (Å²) < 4.78 is 18.3. The number of hydrogen-bond acceptors (Lipinski definition) is 4. The molecule has 0 fully saturated rings. The summed E-state index contributed by atoms with van der Waals surface area (Å²) in [5.74, 6) is -0.781. The molecule has 0 aliphatic rings. The van der Waals surface area contributed by atoms with Crippen molar-refractivity contribution in [2.45, 2.75) is 6.92 Å². The van der Waals surface area contributed by atoms with Crippen LogP contribution in [0.25, 0.3) is 0 Å². The Balaban J connectivity index is 3.32. The molecule has 0 atom stereocenters. The molecule has 4 N–H and O–H groups in total. The van der Waals surface area contributed by atoms with Gasteiger partial charge < -0.3 is 16.2 Å². The Bertz CT molecular complexity index is 366. The van der Waals surface area contributed by atoms with Gasteiger partial charge in [0, 0.05) is 5.56 Å². The monoisotopic (exact) mass is 198 g/mol. The number of benzene rings is 1. The van der Waals surface area contributed by atoms with Crippen molar-refractivity contribution >= 4 is 17.7 Å². The van der Waals surface area contributed by atoms with Crippen molar-refractivity contribution in [3.63, 3.8) is 0 Å². The van der Waals surface area contributed by atoms with Gasteiger partial charge in [-0.05, 0) is 13.0 Å². The maximum Gasteiger partial charge on any atom is 0.190 e. The van der Waals surface area contributed by atoms with E-state index in [0.717, 1.165) is 0 Å². The van der Waals surface area contributed by atoms with Gasteiger partial charge >= 0.3 is 0 Å². The SMILES string of the molecule is CCOc1cc(C=O)c(N)c(N)c1F. The minimum Gasteiger partial charge on any atom is -0.491 e. The number of rotatable bonds is 3. The van der Waals surface area contributed by atoms with Crippen LogP contribution in [-0.2, 0) is 0 Å². The quantitative estimate of drug-likeness (QED) is 0.565. The summed E-state index contributed by atoms with van der Waals surface area (Å²) in [7, 11) is 0. The molecule has 4 nitrogen and oxygen atoms in total. The van der Waals surface area contributed by atoms with Crippen LogP contribution in [0.1, 0.15) is 17.3 Å². The molecular formula is C9H11FN2O2. The Labute approximate surface area is 80.6 Å². The molecule has 1 rings (SSSR count). The Morgan fingerprint density at radius 1 is 1.50 bits per heavy atom. The van der Waals surface area contributed by atoms with Crippen molar-refractivity contribution in [2.24, 2.45) is 0 Å². The molecule has 0 unspecified atom stereocenters. The lowest BCUT2D eigenvalue weighted by Crippen LogP contribution is -2.05. The van der Waals surface area contributed by atoms with Gasteiger partial charge in [-0.25, -0.2) is 4.39 Å². The molecular weight excluding hydrogens is 187 g/mol. The molecule has 0 amide bonds. The largest absolute Gasteiger partial charge is 0.491 e. The van der Waals surface area contributed by atoms with Gasteiger partial charge in [-0.1, -0.05) is 0 Å². The van der Waals surface area contributed by atoms with Crippen molar-refractivity contribution in [1.29, 1.82) is 0 Å². The predicted octanol–water partition coefficient (Wildman–Crippen LogP) is 1.20. The fourth-order valence-electron chi connectivity index (χ4n) is 1.05. The van der Waals surface area contributed by atoms with E-state index < -0.39 is 5.82 Å². The first-order valence-electron chi connectivity index (χ1n) is 4.07. The molecule has 0 heterocycles. The molecule has 0 aliphatic heterocycles. The lowest BCUT2D eigenvalue weighted by Gasteiger charge is -2.10. The second-order valence-corrected chi connectivity index (χ2v) is 2.66. The van der Waals surface area contributed by atoms with E-state index in [1.54, 1.807) is 6.92 Å². The number of nitrogens with two attached hydrogens (primary N) is 2. The molecule has 0 aromatic heterocycles. The standard InChI is InChI=1S/C9H11FN2O2/c1-2-14-6-3-5(4-13)8(11)9(12)7(6)10/h3-4H,2,11-12H2,1H3.